The van der Waals surface area contributed by atoms with Crippen LogP contribution in [0.15, 0.2) is 65.2 Å². The first-order chi connectivity index (χ1) is 11.2. The van der Waals surface area contributed by atoms with Crippen LogP contribution in [0.2, 0.25) is 5.02 Å². The molecule has 0 radical (unpaired) electrons. The third kappa shape index (κ3) is 2.69. The van der Waals surface area contributed by atoms with Gasteiger partial charge in [-0.25, -0.2) is 9.97 Å². The number of nitrogens with zero attached hydrogens (tertiary/aromatic N) is 2. The topological polar surface area (TPSA) is 38.9 Å². The van der Waals surface area contributed by atoms with Crippen molar-refractivity contribution in [3.63, 3.8) is 0 Å². The first-order valence-corrected chi connectivity index (χ1v) is 7.35. The number of hydrogen-bond donors (Lipinski definition) is 0. The molecule has 0 N–H and O–H groups in total. The molecule has 4 aromatic rings. The van der Waals surface area contributed by atoms with E-state index < -0.39 is 5.95 Å². The summed E-state index contributed by atoms with van der Waals surface area (Å²) in [6.07, 6.45) is 1.50. The molecule has 0 bridgehead atoms. The molecular weight excluding hydrogens is 315 g/mol. The summed E-state index contributed by atoms with van der Waals surface area (Å²) < 4.78 is 18.7. The Morgan fingerprint density at radius 3 is 2.35 bits per heavy atom. The van der Waals surface area contributed by atoms with Crippen molar-refractivity contribution in [1.82, 2.24) is 9.97 Å². The molecule has 3 nitrogen and oxygen atoms in total. The van der Waals surface area contributed by atoms with E-state index in [0.717, 1.165) is 22.2 Å². The largest absolute Gasteiger partial charge is 0.436 e. The van der Waals surface area contributed by atoms with Crippen molar-refractivity contribution in [2.45, 2.75) is 0 Å². The van der Waals surface area contributed by atoms with Gasteiger partial charge in [-0.3, -0.25) is 0 Å². The molecule has 0 aliphatic rings. The fraction of sp³-hybridized carbons (Fsp3) is 0. The van der Waals surface area contributed by atoms with Crippen LogP contribution in [0.4, 0.5) is 4.39 Å². The quantitative estimate of drug-likeness (QED) is 0.467. The summed E-state index contributed by atoms with van der Waals surface area (Å²) in [6.45, 7) is 0. The standard InChI is InChI=1S/C18H10ClFN2O/c19-14-5-1-11(2-6-14)18-22-15-9-12(3-7-16(15)23-18)13-4-8-17(20)21-10-13/h1-10H. The van der Waals surface area contributed by atoms with Crippen molar-refractivity contribution in [3.8, 4) is 22.6 Å². The molecule has 0 spiro atoms. The number of oxazole rings is 1. The highest BCUT2D eigenvalue weighted by molar-refractivity contribution is 6.30. The van der Waals surface area contributed by atoms with Gasteiger partial charge >= 0.3 is 0 Å². The zero-order chi connectivity index (χ0) is 15.8. The predicted octanol–water partition coefficient (Wildman–Crippen LogP) is 5.35. The Morgan fingerprint density at radius 2 is 1.61 bits per heavy atom. The SMILES string of the molecule is Fc1ccc(-c2ccc3oc(-c4ccc(Cl)cc4)nc3c2)cn1. The van der Waals surface area contributed by atoms with Crippen LogP contribution in [-0.4, -0.2) is 9.97 Å². The zero-order valence-electron chi connectivity index (χ0n) is 11.8. The molecule has 0 fully saturated rings. The van der Waals surface area contributed by atoms with Gasteiger partial charge in [-0.2, -0.15) is 4.39 Å². The molecule has 0 unspecified atom stereocenters. The van der Waals surface area contributed by atoms with Crippen LogP contribution in [0.5, 0.6) is 0 Å². The normalized spacial score (nSPS) is 11.0. The lowest BCUT2D eigenvalue weighted by molar-refractivity contribution is 0.584. The summed E-state index contributed by atoms with van der Waals surface area (Å²) in [5.41, 5.74) is 4.01. The molecule has 2 heterocycles. The molecule has 0 aliphatic carbocycles. The molecule has 2 aromatic carbocycles. The minimum atomic E-state index is -0.499. The molecule has 112 valence electrons. The second-order valence-electron chi connectivity index (χ2n) is 5.08. The monoisotopic (exact) mass is 324 g/mol. The zero-order valence-corrected chi connectivity index (χ0v) is 12.6. The van der Waals surface area contributed by atoms with Crippen molar-refractivity contribution in [3.05, 3.63) is 71.8 Å². The van der Waals surface area contributed by atoms with Gasteiger partial charge in [0.1, 0.15) is 5.52 Å². The van der Waals surface area contributed by atoms with E-state index in [1.807, 2.05) is 30.3 Å². The van der Waals surface area contributed by atoms with Crippen LogP contribution in [0.1, 0.15) is 0 Å². The Bertz CT molecular complexity index is 935. The molecule has 0 saturated carbocycles. The third-order valence-corrected chi connectivity index (χ3v) is 3.79. The van der Waals surface area contributed by atoms with Gasteiger partial charge in [-0.15, -0.1) is 0 Å². The molecule has 0 saturated heterocycles. The Hall–Kier alpha value is -2.72. The average molecular weight is 325 g/mol. The van der Waals surface area contributed by atoms with Gasteiger partial charge in [0.15, 0.2) is 5.58 Å². The summed E-state index contributed by atoms with van der Waals surface area (Å²) in [6, 6.07) is 16.0. The number of halogens is 2. The molecule has 23 heavy (non-hydrogen) atoms. The number of aromatic nitrogens is 2. The smallest absolute Gasteiger partial charge is 0.227 e. The van der Waals surface area contributed by atoms with Gasteiger partial charge in [0, 0.05) is 22.3 Å². The summed E-state index contributed by atoms with van der Waals surface area (Å²) in [4.78, 5) is 8.19. The molecule has 0 amide bonds. The second kappa shape index (κ2) is 5.48. The molecule has 5 heteroatoms. The minimum Gasteiger partial charge on any atom is -0.436 e. The van der Waals surface area contributed by atoms with Crippen molar-refractivity contribution >= 4 is 22.7 Å². The molecule has 0 aliphatic heterocycles. The van der Waals surface area contributed by atoms with E-state index in [-0.39, 0.29) is 0 Å². The van der Waals surface area contributed by atoms with Gasteiger partial charge < -0.3 is 4.42 Å². The lowest BCUT2D eigenvalue weighted by Gasteiger charge is -1.99. The Morgan fingerprint density at radius 1 is 0.870 bits per heavy atom. The molecular formula is C18H10ClFN2O. The number of hydrogen-bond acceptors (Lipinski definition) is 3. The van der Waals surface area contributed by atoms with Crippen molar-refractivity contribution < 1.29 is 8.81 Å². The number of fused-ring (bicyclic) bond motifs is 1. The fourth-order valence-electron chi connectivity index (χ4n) is 2.37. The van der Waals surface area contributed by atoms with Gasteiger partial charge in [-0.1, -0.05) is 17.7 Å². The van der Waals surface area contributed by atoms with E-state index in [2.05, 4.69) is 9.97 Å². The van der Waals surface area contributed by atoms with Crippen molar-refractivity contribution in [1.29, 1.82) is 0 Å². The van der Waals surface area contributed by atoms with Gasteiger partial charge in [0.05, 0.1) is 0 Å². The van der Waals surface area contributed by atoms with E-state index in [1.54, 1.807) is 18.2 Å². The van der Waals surface area contributed by atoms with Gasteiger partial charge in [0.25, 0.3) is 0 Å². The summed E-state index contributed by atoms with van der Waals surface area (Å²) >= 11 is 5.89. The maximum atomic E-state index is 12.9. The Labute approximate surface area is 136 Å². The van der Waals surface area contributed by atoms with Crippen LogP contribution in [0.25, 0.3) is 33.7 Å². The molecule has 4 rings (SSSR count). The number of pyridine rings is 1. The van der Waals surface area contributed by atoms with Gasteiger partial charge in [-0.05, 0) is 54.1 Å². The highest BCUT2D eigenvalue weighted by Crippen LogP contribution is 2.28. The second-order valence-corrected chi connectivity index (χ2v) is 5.51. The highest BCUT2D eigenvalue weighted by Gasteiger charge is 2.09. The van der Waals surface area contributed by atoms with E-state index >= 15 is 0 Å². The van der Waals surface area contributed by atoms with Crippen LogP contribution in [-0.2, 0) is 0 Å². The molecule has 0 atom stereocenters. The Kier molecular flexibility index (Phi) is 3.32. The van der Waals surface area contributed by atoms with E-state index in [4.69, 9.17) is 16.0 Å². The summed E-state index contributed by atoms with van der Waals surface area (Å²) in [5.74, 6) is 0.0346. The maximum Gasteiger partial charge on any atom is 0.227 e. The lowest BCUT2D eigenvalue weighted by Crippen LogP contribution is -1.83. The highest BCUT2D eigenvalue weighted by atomic mass is 35.5. The number of benzene rings is 2. The van der Waals surface area contributed by atoms with Gasteiger partial charge in [0.2, 0.25) is 11.8 Å². The van der Waals surface area contributed by atoms with Crippen LogP contribution in [0, 0.1) is 5.95 Å². The minimum absolute atomic E-state index is 0.499. The summed E-state index contributed by atoms with van der Waals surface area (Å²) in [5, 5.41) is 0.663. The van der Waals surface area contributed by atoms with Crippen molar-refractivity contribution in [2.24, 2.45) is 0 Å². The fourth-order valence-corrected chi connectivity index (χ4v) is 2.50. The van der Waals surface area contributed by atoms with Crippen LogP contribution >= 0.6 is 11.6 Å². The lowest BCUT2D eigenvalue weighted by atomic mass is 10.1. The van der Waals surface area contributed by atoms with E-state index in [0.29, 0.717) is 16.5 Å². The summed E-state index contributed by atoms with van der Waals surface area (Å²) in [7, 11) is 0. The maximum absolute atomic E-state index is 12.9. The van der Waals surface area contributed by atoms with Crippen LogP contribution < -0.4 is 0 Å². The third-order valence-electron chi connectivity index (χ3n) is 3.54. The molecule has 2 aromatic heterocycles. The first-order valence-electron chi connectivity index (χ1n) is 6.97. The van der Waals surface area contributed by atoms with Crippen molar-refractivity contribution in [2.75, 3.05) is 0 Å². The Balaban J connectivity index is 1.77. The average Bonchev–Trinajstić information content (AvgIpc) is 2.99. The van der Waals surface area contributed by atoms with Crippen LogP contribution in [0.3, 0.4) is 0 Å². The number of rotatable bonds is 2. The van der Waals surface area contributed by atoms with E-state index in [1.165, 1.54) is 12.3 Å². The predicted molar refractivity (Wildman–Crippen MR) is 87.6 cm³/mol. The first kappa shape index (κ1) is 13.9. The van der Waals surface area contributed by atoms with E-state index in [9.17, 15) is 4.39 Å².